The largest absolute Gasteiger partial charge is 0.477 e. The number of hydrogen-bond acceptors (Lipinski definition) is 20. The van der Waals surface area contributed by atoms with Crippen molar-refractivity contribution in [2.45, 2.75) is 413 Å². The van der Waals surface area contributed by atoms with E-state index < -0.39 is 155 Å². The highest BCUT2D eigenvalue weighted by molar-refractivity contribution is 5.77. The second kappa shape index (κ2) is 55.7. The Balaban J connectivity index is 1.46. The molecule has 3 aliphatic heterocycles. The van der Waals surface area contributed by atoms with E-state index in [0.717, 1.165) is 51.9 Å². The summed E-state index contributed by atoms with van der Waals surface area (Å²) in [4.78, 5) is 38.6. The number of carboxylic acid groups (broad SMARTS) is 1. The van der Waals surface area contributed by atoms with Crippen LogP contribution in [0, 0.1) is 0 Å². The Kier molecular flexibility index (Phi) is 50.8. The van der Waals surface area contributed by atoms with Crippen LogP contribution in [0.25, 0.3) is 0 Å². The first kappa shape index (κ1) is 90.4. The highest BCUT2D eigenvalue weighted by atomic mass is 16.8. The van der Waals surface area contributed by atoms with Gasteiger partial charge in [-0.15, -0.1) is 0 Å². The molecule has 3 saturated heterocycles. The van der Waals surface area contributed by atoms with Crippen LogP contribution in [0.2, 0.25) is 0 Å². The van der Waals surface area contributed by atoms with Crippen LogP contribution in [-0.2, 0) is 42.8 Å². The van der Waals surface area contributed by atoms with Gasteiger partial charge in [-0.05, 0) is 44.9 Å². The summed E-state index contributed by atoms with van der Waals surface area (Å²) in [6.07, 6.45) is 31.0. The molecule has 0 saturated carbocycles. The van der Waals surface area contributed by atoms with E-state index >= 15 is 0 Å². The number of unbranched alkanes of at least 4 members (excludes halogenated alkanes) is 39. The van der Waals surface area contributed by atoms with Crippen molar-refractivity contribution in [3.05, 3.63) is 24.3 Å². The Bertz CT molecular complexity index is 2080. The van der Waals surface area contributed by atoms with E-state index in [1.54, 1.807) is 6.08 Å². The van der Waals surface area contributed by atoms with Crippen LogP contribution in [0.1, 0.15) is 303 Å². The number of ether oxygens (including phenoxy) is 6. The van der Waals surface area contributed by atoms with Gasteiger partial charge in [0.15, 0.2) is 12.6 Å². The first-order valence-corrected chi connectivity index (χ1v) is 39.2. The molecule has 3 rings (SSSR count). The lowest BCUT2D eigenvalue weighted by atomic mass is 9.88. The fourth-order valence-corrected chi connectivity index (χ4v) is 13.6. The monoisotopic (exact) mass is 1420 g/mol. The molecule has 0 aromatic heterocycles. The van der Waals surface area contributed by atoms with Crippen molar-refractivity contribution in [1.82, 2.24) is 10.6 Å². The van der Waals surface area contributed by atoms with E-state index in [-0.39, 0.29) is 12.3 Å². The summed E-state index contributed by atoms with van der Waals surface area (Å²) in [5, 5.41) is 136. The molecule has 3 fully saturated rings. The molecule has 0 spiro atoms. The van der Waals surface area contributed by atoms with Gasteiger partial charge >= 0.3 is 5.97 Å². The van der Waals surface area contributed by atoms with Crippen LogP contribution in [0.4, 0.5) is 0 Å². The molecule has 580 valence electrons. The van der Waals surface area contributed by atoms with Crippen LogP contribution in [-0.4, -0.2) is 215 Å². The first-order chi connectivity index (χ1) is 47.9. The molecule has 0 radical (unpaired) electrons. The van der Waals surface area contributed by atoms with Gasteiger partial charge < -0.3 is 100 Å². The molecule has 3 aliphatic rings. The van der Waals surface area contributed by atoms with Crippen molar-refractivity contribution in [2.75, 3.05) is 26.4 Å². The summed E-state index contributed by atoms with van der Waals surface area (Å²) in [5.41, 5.74) is 0. The minimum absolute atomic E-state index is 0.203. The summed E-state index contributed by atoms with van der Waals surface area (Å²) in [6.45, 7) is 2.15. The SMILES string of the molecule is CCCCCCCCCCCCC/C=C/C(O)C(COC1OC(CO)C(OC2OC(CO)C(O)C(OC3(C(=O)O)CC(O)C(NC(C)=O)C(C(O)C(O)CO)O3)C2O)C(O)C1O)NC(=O)CCCCCCCCCCCCCCCCCC/C=C\CCCCCCCCCCCCCC. The number of allylic oxidation sites excluding steroid dienone is 3. The van der Waals surface area contributed by atoms with Crippen molar-refractivity contribution in [3.8, 4) is 0 Å². The average Bonchev–Trinajstić information content (AvgIpc) is 0.764. The Morgan fingerprint density at radius 1 is 0.525 bits per heavy atom. The van der Waals surface area contributed by atoms with Crippen molar-refractivity contribution in [3.63, 3.8) is 0 Å². The number of carboxylic acids is 1. The van der Waals surface area contributed by atoms with E-state index in [9.17, 15) is 75.7 Å². The van der Waals surface area contributed by atoms with Gasteiger partial charge in [0.05, 0.1) is 50.7 Å². The van der Waals surface area contributed by atoms with Crippen LogP contribution >= 0.6 is 0 Å². The Labute approximate surface area is 594 Å². The molecule has 3 heterocycles. The van der Waals surface area contributed by atoms with Gasteiger partial charge in [-0.3, -0.25) is 9.59 Å². The second-order valence-electron chi connectivity index (χ2n) is 28.6. The van der Waals surface area contributed by atoms with Crippen molar-refractivity contribution in [2.24, 2.45) is 0 Å². The van der Waals surface area contributed by atoms with Gasteiger partial charge in [0.1, 0.15) is 67.1 Å². The summed E-state index contributed by atoms with van der Waals surface area (Å²) >= 11 is 0. The molecule has 99 heavy (non-hydrogen) atoms. The number of aliphatic hydroxyl groups excluding tert-OH is 11. The predicted octanol–water partition coefficient (Wildman–Crippen LogP) is 9.57. The highest BCUT2D eigenvalue weighted by Crippen LogP contribution is 2.39. The summed E-state index contributed by atoms with van der Waals surface area (Å²) < 4.78 is 34.8. The van der Waals surface area contributed by atoms with E-state index in [1.807, 2.05) is 6.08 Å². The maximum absolute atomic E-state index is 13.5. The normalized spacial score (nSPS) is 27.2. The fraction of sp³-hybridized carbons (Fsp3) is 0.908. The molecule has 18 unspecified atom stereocenters. The lowest BCUT2D eigenvalue weighted by molar-refractivity contribution is -0.386. The van der Waals surface area contributed by atoms with Gasteiger partial charge in [-0.2, -0.15) is 0 Å². The third-order valence-electron chi connectivity index (χ3n) is 19.9. The fourth-order valence-electron chi connectivity index (χ4n) is 13.6. The average molecular weight is 1420 g/mol. The van der Waals surface area contributed by atoms with E-state index in [4.69, 9.17) is 28.4 Å². The Hall–Kier alpha value is -2.79. The smallest absolute Gasteiger partial charge is 0.364 e. The Morgan fingerprint density at radius 2 is 0.949 bits per heavy atom. The summed E-state index contributed by atoms with van der Waals surface area (Å²) in [7, 11) is 0. The van der Waals surface area contributed by atoms with Gasteiger partial charge in [-0.1, -0.05) is 263 Å². The highest BCUT2D eigenvalue weighted by Gasteiger charge is 2.60. The lowest BCUT2D eigenvalue weighted by Gasteiger charge is -2.50. The van der Waals surface area contributed by atoms with E-state index in [2.05, 4.69) is 36.6 Å². The van der Waals surface area contributed by atoms with Crippen LogP contribution in [0.3, 0.4) is 0 Å². The molecular weight excluding hydrogens is 1280 g/mol. The number of carbonyl (C=O) groups is 3. The van der Waals surface area contributed by atoms with Gasteiger partial charge in [0, 0.05) is 19.8 Å². The van der Waals surface area contributed by atoms with E-state index in [1.165, 1.54) is 212 Å². The maximum Gasteiger partial charge on any atom is 0.364 e. The first-order valence-electron chi connectivity index (χ1n) is 39.2. The van der Waals surface area contributed by atoms with Crippen molar-refractivity contribution < 1.29 is 104 Å². The molecule has 18 atom stereocenters. The van der Waals surface area contributed by atoms with Crippen LogP contribution in [0.5, 0.6) is 0 Å². The van der Waals surface area contributed by atoms with E-state index in [0.29, 0.717) is 12.8 Å². The summed E-state index contributed by atoms with van der Waals surface area (Å²) in [6, 6.07) is -2.62. The molecule has 0 aromatic rings. The zero-order valence-electron chi connectivity index (χ0n) is 61.1. The van der Waals surface area contributed by atoms with Crippen molar-refractivity contribution in [1.29, 1.82) is 0 Å². The third kappa shape index (κ3) is 36.7. The van der Waals surface area contributed by atoms with Gasteiger partial charge in [0.2, 0.25) is 11.8 Å². The number of aliphatic carboxylic acids is 1. The molecule has 2 amide bonds. The van der Waals surface area contributed by atoms with Crippen LogP contribution in [0.15, 0.2) is 24.3 Å². The van der Waals surface area contributed by atoms with Crippen molar-refractivity contribution >= 4 is 17.8 Å². The quantitative estimate of drug-likeness (QED) is 0.0199. The zero-order valence-corrected chi connectivity index (χ0v) is 61.1. The molecule has 23 heteroatoms. The number of aliphatic hydroxyl groups is 11. The van der Waals surface area contributed by atoms with Gasteiger partial charge in [0.25, 0.3) is 5.79 Å². The molecule has 14 N–H and O–H groups in total. The van der Waals surface area contributed by atoms with Gasteiger partial charge in [-0.25, -0.2) is 4.79 Å². The maximum atomic E-state index is 13.5. The number of amides is 2. The minimum Gasteiger partial charge on any atom is -0.477 e. The number of nitrogens with one attached hydrogen (secondary N) is 2. The topological polar surface area (TPSA) is 373 Å². The molecule has 23 nitrogen and oxygen atoms in total. The standard InChI is InChI=1S/C76H140N2O21/c1-4-6-8-10-12-14-16-18-19-20-21-22-23-24-25-26-27-28-29-30-31-32-33-34-35-36-38-40-42-44-46-48-50-63(86)78-57(58(83)49-47-45-43-41-39-37-17-15-13-11-9-7-5-2)55-94-73-68(90)67(89)70(62(54-81)96-73)97-74-69(91)72(66(88)61(53-80)95-74)99-76(75(92)93)51-59(84)64(77-56(3)82)71(98-76)65(87)60(85)52-79/h24-25,47,49,57-62,64-74,79-81,83-85,87-91H,4-23,26-46,48,50-55H2,1-3H3,(H,77,82)(H,78,86)(H,92,93)/b25-24-,49-47+. The number of carbonyl (C=O) groups excluding carboxylic acids is 2. The number of hydrogen-bond donors (Lipinski definition) is 14. The molecule has 0 bridgehead atoms. The second-order valence-corrected chi connectivity index (χ2v) is 28.6. The van der Waals surface area contributed by atoms with Crippen LogP contribution < -0.4 is 10.6 Å². The molecular formula is C76H140N2O21. The molecule has 0 aromatic carbocycles. The minimum atomic E-state index is -3.08. The number of rotatable bonds is 61. The summed E-state index contributed by atoms with van der Waals surface area (Å²) in [5.74, 6) is -6.14. The predicted molar refractivity (Wildman–Crippen MR) is 380 cm³/mol. The Morgan fingerprint density at radius 3 is 1.37 bits per heavy atom. The molecule has 0 aliphatic carbocycles. The third-order valence-corrected chi connectivity index (χ3v) is 19.9. The zero-order chi connectivity index (χ0) is 72.5. The lowest BCUT2D eigenvalue weighted by Crippen LogP contribution is -2.70.